The average Bonchev–Trinajstić information content (AvgIpc) is 3.13. The predicted molar refractivity (Wildman–Crippen MR) is 123 cm³/mol. The van der Waals surface area contributed by atoms with Gasteiger partial charge in [-0.25, -0.2) is 10.1 Å². The molecule has 1 heterocycles. The molecule has 0 aliphatic heterocycles. The molecule has 0 aliphatic rings. The van der Waals surface area contributed by atoms with Crippen molar-refractivity contribution in [3.05, 3.63) is 64.7 Å². The van der Waals surface area contributed by atoms with E-state index in [4.69, 9.17) is 17.4 Å². The lowest BCUT2D eigenvalue weighted by Crippen LogP contribution is -2.17. The molecule has 1 aromatic heterocycles. The molecule has 13 heteroatoms. The first-order valence-corrected chi connectivity index (χ1v) is 10.9. The van der Waals surface area contributed by atoms with Crippen LogP contribution in [0.1, 0.15) is 24.5 Å². The second-order valence-corrected chi connectivity index (χ2v) is 7.94. The number of nitrogens with zero attached hydrogens (tertiary/aromatic N) is 4. The Morgan fingerprint density at radius 2 is 1.94 bits per heavy atom. The molecule has 8 nitrogen and oxygen atoms in total. The first-order valence-electron chi connectivity index (χ1n) is 9.57. The van der Waals surface area contributed by atoms with Crippen LogP contribution in [0.25, 0.3) is 0 Å². The number of carbonyl (C=O) groups is 1. The number of alkyl halides is 3. The van der Waals surface area contributed by atoms with Gasteiger partial charge in [0.2, 0.25) is 11.1 Å². The van der Waals surface area contributed by atoms with Gasteiger partial charge in [-0.2, -0.15) is 18.3 Å². The Hall–Kier alpha value is -3.25. The fourth-order valence-electron chi connectivity index (χ4n) is 2.66. The van der Waals surface area contributed by atoms with Gasteiger partial charge in [0, 0.05) is 0 Å². The third-order valence-electron chi connectivity index (χ3n) is 4.30. The molecule has 0 bridgehead atoms. The summed E-state index contributed by atoms with van der Waals surface area (Å²) in [5, 5.41) is 14.7. The van der Waals surface area contributed by atoms with Gasteiger partial charge in [-0.05, 0) is 30.2 Å². The highest BCUT2D eigenvalue weighted by Crippen LogP contribution is 2.34. The lowest BCUT2D eigenvalue weighted by Gasteiger charge is -2.11. The predicted octanol–water partition coefficient (Wildman–Crippen LogP) is 4.62. The summed E-state index contributed by atoms with van der Waals surface area (Å²) in [7, 11) is 0. The highest BCUT2D eigenvalue weighted by Gasteiger charge is 2.31. The summed E-state index contributed by atoms with van der Waals surface area (Å²) in [4.78, 5) is 12.2. The minimum atomic E-state index is -4.56. The van der Waals surface area contributed by atoms with Crippen molar-refractivity contribution in [3.63, 3.8) is 0 Å². The van der Waals surface area contributed by atoms with Gasteiger partial charge in [-0.3, -0.25) is 4.79 Å². The van der Waals surface area contributed by atoms with Gasteiger partial charge in [0.1, 0.15) is 0 Å². The van der Waals surface area contributed by atoms with E-state index in [1.807, 2.05) is 37.3 Å². The second kappa shape index (κ2) is 10.6. The molecule has 1 amide bonds. The maximum Gasteiger partial charge on any atom is 0.416 e. The molecule has 0 radical (unpaired) electrons. The number of hydrogen-bond donors (Lipinski definition) is 3. The number of halogens is 4. The Kier molecular flexibility index (Phi) is 7.82. The van der Waals surface area contributed by atoms with Crippen LogP contribution in [0.4, 0.5) is 24.8 Å². The van der Waals surface area contributed by atoms with Crippen molar-refractivity contribution in [1.82, 2.24) is 14.9 Å². The summed E-state index contributed by atoms with van der Waals surface area (Å²) in [5.41, 5.74) is 3.41. The largest absolute Gasteiger partial charge is 0.416 e. The topological polar surface area (TPSA) is 110 Å². The van der Waals surface area contributed by atoms with E-state index < -0.39 is 17.6 Å². The van der Waals surface area contributed by atoms with Crippen LogP contribution in [-0.4, -0.2) is 32.2 Å². The number of nitrogen functional groups attached to an aromatic ring is 1. The SMILES string of the molecule is CC/C(=N\Nc1nnc(SCC(=O)Nc2cc(C(F)(F)F)ccc2Cl)n1N)c1ccccc1. The third kappa shape index (κ3) is 6.39. The number of thioether (sulfide) groups is 1. The number of anilines is 2. The van der Waals surface area contributed by atoms with Crippen molar-refractivity contribution in [3.8, 4) is 0 Å². The number of hydrogen-bond acceptors (Lipinski definition) is 7. The van der Waals surface area contributed by atoms with Gasteiger partial charge < -0.3 is 11.2 Å². The van der Waals surface area contributed by atoms with Crippen molar-refractivity contribution in [2.24, 2.45) is 5.10 Å². The Morgan fingerprint density at radius 1 is 1.21 bits per heavy atom. The zero-order chi connectivity index (χ0) is 24.0. The van der Waals surface area contributed by atoms with Gasteiger partial charge >= 0.3 is 6.18 Å². The molecule has 3 aromatic rings. The fraction of sp³-hybridized carbons (Fsp3) is 0.200. The number of hydrazone groups is 1. The van der Waals surface area contributed by atoms with Gasteiger partial charge in [0.05, 0.1) is 27.7 Å². The first kappa shape index (κ1) is 24.4. The summed E-state index contributed by atoms with van der Waals surface area (Å²) in [6.45, 7) is 1.96. The van der Waals surface area contributed by atoms with E-state index in [1.54, 1.807) is 0 Å². The highest BCUT2D eigenvalue weighted by atomic mass is 35.5. The molecule has 0 spiro atoms. The van der Waals surface area contributed by atoms with Crippen molar-refractivity contribution in [2.45, 2.75) is 24.7 Å². The number of benzene rings is 2. The van der Waals surface area contributed by atoms with E-state index in [9.17, 15) is 18.0 Å². The van der Waals surface area contributed by atoms with Gasteiger partial charge in [-0.1, -0.05) is 60.6 Å². The van der Waals surface area contributed by atoms with Crippen molar-refractivity contribution >= 4 is 46.6 Å². The summed E-state index contributed by atoms with van der Waals surface area (Å²) in [6, 6.07) is 12.2. The van der Waals surface area contributed by atoms with Crippen LogP contribution < -0.4 is 16.6 Å². The van der Waals surface area contributed by atoms with Gasteiger partial charge in [0.15, 0.2) is 0 Å². The van der Waals surface area contributed by atoms with E-state index in [1.165, 1.54) is 0 Å². The number of rotatable bonds is 8. The number of aromatic nitrogens is 3. The summed E-state index contributed by atoms with van der Waals surface area (Å²) in [6.07, 6.45) is -3.89. The number of nitrogens with two attached hydrogens (primary N) is 1. The van der Waals surface area contributed by atoms with Crippen LogP contribution in [0, 0.1) is 0 Å². The van der Waals surface area contributed by atoms with Crippen LogP contribution in [0.15, 0.2) is 58.8 Å². The summed E-state index contributed by atoms with van der Waals surface area (Å²) in [5.74, 6) is 5.34. The molecule has 33 heavy (non-hydrogen) atoms. The Labute approximate surface area is 196 Å². The summed E-state index contributed by atoms with van der Waals surface area (Å²) < 4.78 is 39.8. The monoisotopic (exact) mass is 497 g/mol. The highest BCUT2D eigenvalue weighted by molar-refractivity contribution is 7.99. The van der Waals surface area contributed by atoms with Crippen molar-refractivity contribution < 1.29 is 18.0 Å². The normalized spacial score (nSPS) is 12.0. The van der Waals surface area contributed by atoms with Crippen LogP contribution >= 0.6 is 23.4 Å². The molecule has 0 saturated carbocycles. The summed E-state index contributed by atoms with van der Waals surface area (Å²) >= 11 is 6.84. The van der Waals surface area contributed by atoms with E-state index in [0.717, 1.165) is 45.9 Å². The Balaban J connectivity index is 1.62. The van der Waals surface area contributed by atoms with Crippen molar-refractivity contribution in [1.29, 1.82) is 0 Å². The third-order valence-corrected chi connectivity index (χ3v) is 5.57. The molecule has 0 unspecified atom stereocenters. The van der Waals surface area contributed by atoms with Crippen LogP contribution in [0.3, 0.4) is 0 Å². The number of amides is 1. The molecular formula is C20H19ClF3N7OS. The van der Waals surface area contributed by atoms with E-state index in [-0.39, 0.29) is 27.6 Å². The molecule has 3 rings (SSSR count). The van der Waals surface area contributed by atoms with Gasteiger partial charge in [0.25, 0.3) is 5.95 Å². The average molecular weight is 498 g/mol. The van der Waals surface area contributed by atoms with Gasteiger partial charge in [-0.15, -0.1) is 10.2 Å². The molecule has 4 N–H and O–H groups in total. The molecule has 0 aliphatic carbocycles. The lowest BCUT2D eigenvalue weighted by atomic mass is 10.1. The molecule has 0 atom stereocenters. The maximum atomic E-state index is 12.9. The smallest absolute Gasteiger partial charge is 0.334 e. The van der Waals surface area contributed by atoms with E-state index in [0.29, 0.717) is 6.42 Å². The quantitative estimate of drug-likeness (QED) is 0.181. The lowest BCUT2D eigenvalue weighted by molar-refractivity contribution is -0.137. The molecule has 174 valence electrons. The molecular weight excluding hydrogens is 479 g/mol. The first-order chi connectivity index (χ1) is 15.7. The Morgan fingerprint density at radius 3 is 2.61 bits per heavy atom. The van der Waals surface area contributed by atoms with Crippen LogP contribution in [0.5, 0.6) is 0 Å². The van der Waals surface area contributed by atoms with Crippen molar-refractivity contribution in [2.75, 3.05) is 22.3 Å². The van der Waals surface area contributed by atoms with E-state index >= 15 is 0 Å². The minimum absolute atomic E-state index is 0.0159. The number of carbonyl (C=O) groups excluding carboxylic acids is 1. The van der Waals surface area contributed by atoms with E-state index in [2.05, 4.69) is 26.0 Å². The fourth-order valence-corrected chi connectivity index (χ4v) is 3.48. The van der Waals surface area contributed by atoms with Crippen LogP contribution in [0.2, 0.25) is 5.02 Å². The molecule has 2 aromatic carbocycles. The maximum absolute atomic E-state index is 12.9. The zero-order valence-electron chi connectivity index (χ0n) is 17.2. The number of nitrogens with one attached hydrogen (secondary N) is 2. The molecule has 0 saturated heterocycles. The second-order valence-electron chi connectivity index (χ2n) is 6.60. The Bertz CT molecular complexity index is 1150. The minimum Gasteiger partial charge on any atom is -0.334 e. The standard InChI is InChI=1S/C20H19ClF3N7OS/c1-2-15(12-6-4-3-5-7-12)27-28-18-29-30-19(31(18)25)33-11-17(32)26-16-10-13(20(22,23)24)8-9-14(16)21/h3-10H,2,11,25H2,1H3,(H,26,32)(H,28,29)/b27-15+. The van der Waals surface area contributed by atoms with Crippen LogP contribution in [-0.2, 0) is 11.0 Å². The molecule has 0 fully saturated rings. The zero-order valence-corrected chi connectivity index (χ0v) is 18.8.